The van der Waals surface area contributed by atoms with Gasteiger partial charge >= 0.3 is 12.1 Å². The maximum Gasteiger partial charge on any atom is 0.407 e. The Morgan fingerprint density at radius 1 is 0.886 bits per heavy atom. The molecule has 184 valence electrons. The van der Waals surface area contributed by atoms with Gasteiger partial charge in [0.25, 0.3) is 0 Å². The normalized spacial score (nSPS) is 21.9. The van der Waals surface area contributed by atoms with E-state index in [0.717, 1.165) is 12.8 Å². The summed E-state index contributed by atoms with van der Waals surface area (Å²) in [7, 11) is 0. The first-order valence-corrected chi connectivity index (χ1v) is 12.6. The van der Waals surface area contributed by atoms with Crippen LogP contribution < -0.4 is 10.6 Å². The van der Waals surface area contributed by atoms with Gasteiger partial charge in [-0.3, -0.25) is 4.79 Å². The van der Waals surface area contributed by atoms with Gasteiger partial charge in [-0.1, -0.05) is 61.4 Å². The lowest BCUT2D eigenvalue weighted by Gasteiger charge is -2.29. The summed E-state index contributed by atoms with van der Waals surface area (Å²) in [6.45, 7) is 0.273. The monoisotopic (exact) mass is 476 g/mol. The molecule has 1 atom stereocenters. The molecule has 0 bridgehead atoms. The van der Waals surface area contributed by atoms with Crippen LogP contribution in [0, 0.1) is 11.8 Å². The third-order valence-corrected chi connectivity index (χ3v) is 7.64. The molecule has 35 heavy (non-hydrogen) atoms. The molecular weight excluding hydrogens is 444 g/mol. The third kappa shape index (κ3) is 5.34. The number of carbonyl (C=O) groups is 3. The Bertz CT molecular complexity index is 1060. The van der Waals surface area contributed by atoms with Crippen molar-refractivity contribution in [3.05, 3.63) is 59.7 Å². The van der Waals surface area contributed by atoms with Gasteiger partial charge < -0.3 is 20.5 Å². The van der Waals surface area contributed by atoms with Crippen molar-refractivity contribution in [3.63, 3.8) is 0 Å². The van der Waals surface area contributed by atoms with Crippen LogP contribution in [0.2, 0.25) is 0 Å². The highest BCUT2D eigenvalue weighted by atomic mass is 16.5. The molecule has 3 N–H and O–H groups in total. The predicted molar refractivity (Wildman–Crippen MR) is 131 cm³/mol. The van der Waals surface area contributed by atoms with Crippen molar-refractivity contribution in [2.75, 3.05) is 6.61 Å². The lowest BCUT2D eigenvalue weighted by molar-refractivity contribution is -0.143. The Hall–Kier alpha value is -3.35. The number of rotatable bonds is 8. The van der Waals surface area contributed by atoms with E-state index in [2.05, 4.69) is 34.9 Å². The molecule has 0 aliphatic heterocycles. The number of carboxylic acid groups (broad SMARTS) is 1. The number of hydrogen-bond donors (Lipinski definition) is 3. The van der Waals surface area contributed by atoms with Gasteiger partial charge in [-0.15, -0.1) is 0 Å². The first-order valence-electron chi connectivity index (χ1n) is 12.6. The van der Waals surface area contributed by atoms with Crippen LogP contribution in [0.25, 0.3) is 11.1 Å². The SMILES string of the molecule is O=C(NC1CCC(C(=O)N[C@@H](CC2CC2)C(=O)O)CC1)OCC1c2ccccc2-c2ccccc21. The number of hydrogen-bond acceptors (Lipinski definition) is 4. The second-order valence-corrected chi connectivity index (χ2v) is 10.1. The zero-order valence-electron chi connectivity index (χ0n) is 19.7. The summed E-state index contributed by atoms with van der Waals surface area (Å²) in [5.74, 6) is -0.913. The van der Waals surface area contributed by atoms with Gasteiger partial charge in [-0.2, -0.15) is 0 Å². The number of carbonyl (C=O) groups excluding carboxylic acids is 2. The van der Waals surface area contributed by atoms with Crippen LogP contribution in [0.4, 0.5) is 4.79 Å². The lowest BCUT2D eigenvalue weighted by Crippen LogP contribution is -2.46. The standard InChI is InChI=1S/C28H32N2O5/c31-26(30-25(27(32)33)15-17-9-10-17)18-11-13-19(14-12-18)29-28(34)35-16-24-22-7-3-1-5-20(22)21-6-2-4-8-23(21)24/h1-8,17-19,24-25H,9-16H2,(H,29,34)(H,30,31)(H,32,33)/t18?,19?,25-/m0/s1. The highest BCUT2D eigenvalue weighted by molar-refractivity contribution is 5.85. The summed E-state index contributed by atoms with van der Waals surface area (Å²) >= 11 is 0. The number of ether oxygens (including phenoxy) is 1. The number of aliphatic carboxylic acids is 1. The van der Waals surface area contributed by atoms with E-state index >= 15 is 0 Å². The largest absolute Gasteiger partial charge is 0.480 e. The first-order chi connectivity index (χ1) is 17.0. The molecule has 2 fully saturated rings. The van der Waals surface area contributed by atoms with Gasteiger partial charge in [-0.25, -0.2) is 9.59 Å². The van der Waals surface area contributed by atoms with E-state index in [1.807, 2.05) is 24.3 Å². The molecule has 2 aromatic carbocycles. The van der Waals surface area contributed by atoms with Gasteiger partial charge in [0.2, 0.25) is 5.91 Å². The Morgan fingerprint density at radius 2 is 1.49 bits per heavy atom. The van der Waals surface area contributed by atoms with E-state index in [1.165, 1.54) is 22.3 Å². The van der Waals surface area contributed by atoms with Crippen LogP contribution in [0.5, 0.6) is 0 Å². The molecule has 2 saturated carbocycles. The van der Waals surface area contributed by atoms with Crippen molar-refractivity contribution in [2.24, 2.45) is 11.8 Å². The van der Waals surface area contributed by atoms with Crippen LogP contribution in [0.1, 0.15) is 62.0 Å². The molecule has 7 nitrogen and oxygen atoms in total. The van der Waals surface area contributed by atoms with Crippen molar-refractivity contribution < 1.29 is 24.2 Å². The zero-order chi connectivity index (χ0) is 24.4. The number of benzene rings is 2. The zero-order valence-corrected chi connectivity index (χ0v) is 19.7. The molecule has 0 spiro atoms. The van der Waals surface area contributed by atoms with E-state index in [1.54, 1.807) is 0 Å². The number of fused-ring (bicyclic) bond motifs is 3. The van der Waals surface area contributed by atoms with E-state index in [9.17, 15) is 19.5 Å². The second-order valence-electron chi connectivity index (χ2n) is 10.1. The number of nitrogens with one attached hydrogen (secondary N) is 2. The molecule has 5 rings (SSSR count). The minimum absolute atomic E-state index is 0.0189. The second kappa shape index (κ2) is 10.1. The molecular formula is C28H32N2O5. The van der Waals surface area contributed by atoms with E-state index in [-0.39, 0.29) is 30.4 Å². The molecule has 0 saturated heterocycles. The van der Waals surface area contributed by atoms with Crippen molar-refractivity contribution in [2.45, 2.75) is 62.9 Å². The lowest BCUT2D eigenvalue weighted by atomic mass is 9.85. The minimum Gasteiger partial charge on any atom is -0.480 e. The van der Waals surface area contributed by atoms with E-state index < -0.39 is 18.1 Å². The number of alkyl carbamates (subject to hydrolysis) is 1. The Kier molecular flexibility index (Phi) is 6.75. The van der Waals surface area contributed by atoms with Crippen molar-refractivity contribution in [1.82, 2.24) is 10.6 Å². The molecule has 0 unspecified atom stereocenters. The van der Waals surface area contributed by atoms with Gasteiger partial charge in [0.05, 0.1) is 0 Å². The van der Waals surface area contributed by atoms with Crippen molar-refractivity contribution in [3.8, 4) is 11.1 Å². The minimum atomic E-state index is -0.962. The molecule has 0 aromatic heterocycles. The maximum atomic E-state index is 12.6. The average molecular weight is 477 g/mol. The summed E-state index contributed by atoms with van der Waals surface area (Å²) in [6, 6.07) is 15.6. The summed E-state index contributed by atoms with van der Waals surface area (Å²) in [6.07, 6.45) is 4.75. The summed E-state index contributed by atoms with van der Waals surface area (Å²) in [5.41, 5.74) is 4.73. The Balaban J connectivity index is 1.09. The molecule has 2 amide bonds. The molecule has 3 aliphatic carbocycles. The van der Waals surface area contributed by atoms with Crippen LogP contribution in [-0.2, 0) is 14.3 Å². The number of amides is 2. The Labute approximate surface area is 205 Å². The maximum absolute atomic E-state index is 12.6. The average Bonchev–Trinajstić information content (AvgIpc) is 3.63. The fourth-order valence-corrected chi connectivity index (χ4v) is 5.50. The van der Waals surface area contributed by atoms with E-state index in [4.69, 9.17) is 4.74 Å². The fraction of sp³-hybridized carbons (Fsp3) is 0.464. The van der Waals surface area contributed by atoms with Crippen molar-refractivity contribution in [1.29, 1.82) is 0 Å². The van der Waals surface area contributed by atoms with Gasteiger partial charge in [0, 0.05) is 17.9 Å². The van der Waals surface area contributed by atoms with Gasteiger partial charge in [0.1, 0.15) is 12.6 Å². The number of carboxylic acids is 1. The van der Waals surface area contributed by atoms with Gasteiger partial charge in [-0.05, 0) is 60.3 Å². The van der Waals surface area contributed by atoms with Crippen LogP contribution in [0.15, 0.2) is 48.5 Å². The highest BCUT2D eigenvalue weighted by Gasteiger charge is 2.34. The molecule has 7 heteroatoms. The Morgan fingerprint density at radius 3 is 2.06 bits per heavy atom. The van der Waals surface area contributed by atoms with Crippen LogP contribution in [0.3, 0.4) is 0 Å². The molecule has 3 aliphatic rings. The molecule has 2 aromatic rings. The quantitative estimate of drug-likeness (QED) is 0.522. The third-order valence-electron chi connectivity index (χ3n) is 7.64. The summed E-state index contributed by atoms with van der Waals surface area (Å²) in [5, 5.41) is 15.1. The van der Waals surface area contributed by atoms with Crippen LogP contribution >= 0.6 is 0 Å². The van der Waals surface area contributed by atoms with E-state index in [0.29, 0.717) is 38.0 Å². The van der Waals surface area contributed by atoms with Crippen molar-refractivity contribution >= 4 is 18.0 Å². The van der Waals surface area contributed by atoms with Gasteiger partial charge in [0.15, 0.2) is 0 Å². The smallest absolute Gasteiger partial charge is 0.407 e. The molecule has 0 heterocycles. The predicted octanol–water partition coefficient (Wildman–Crippen LogP) is 4.45. The topological polar surface area (TPSA) is 105 Å². The first kappa shape index (κ1) is 23.4. The van der Waals surface area contributed by atoms with Crippen LogP contribution in [-0.4, -0.2) is 41.8 Å². The summed E-state index contributed by atoms with van der Waals surface area (Å²) in [4.78, 5) is 36.6. The highest BCUT2D eigenvalue weighted by Crippen LogP contribution is 2.44. The fourth-order valence-electron chi connectivity index (χ4n) is 5.50. The molecule has 0 radical (unpaired) electrons. The summed E-state index contributed by atoms with van der Waals surface area (Å²) < 4.78 is 5.64.